The smallest absolute Gasteiger partial charge is 0.133 e. The molecule has 1 N–H and O–H groups in total. The lowest BCUT2D eigenvalue weighted by atomic mass is 10.1. The summed E-state index contributed by atoms with van der Waals surface area (Å²) in [5.74, 6) is 0.810. The number of ether oxygens (including phenoxy) is 1. The van der Waals surface area contributed by atoms with Gasteiger partial charge in [-0.25, -0.2) is 0 Å². The molecule has 0 aromatic heterocycles. The topological polar surface area (TPSA) is 29.5 Å². The summed E-state index contributed by atoms with van der Waals surface area (Å²) in [4.78, 5) is 0. The standard InChI is InChI=1S/C15H14O2/c16-15-13-9-5-4-6-11(13)10-14(15)17-12-7-2-1-3-8-12/h1-9,14-16H,10H2. The molecule has 2 aromatic carbocycles. The van der Waals surface area contributed by atoms with Crippen LogP contribution in [0.4, 0.5) is 0 Å². The van der Waals surface area contributed by atoms with E-state index in [0.29, 0.717) is 0 Å². The summed E-state index contributed by atoms with van der Waals surface area (Å²) in [5.41, 5.74) is 2.18. The summed E-state index contributed by atoms with van der Waals surface area (Å²) in [6.07, 6.45) is 0.0767. The van der Waals surface area contributed by atoms with E-state index in [0.717, 1.165) is 17.7 Å². The Hall–Kier alpha value is -1.80. The van der Waals surface area contributed by atoms with Crippen LogP contribution in [0.2, 0.25) is 0 Å². The van der Waals surface area contributed by atoms with Crippen LogP contribution in [-0.4, -0.2) is 11.2 Å². The molecule has 0 aliphatic heterocycles. The fourth-order valence-electron chi connectivity index (χ4n) is 2.32. The van der Waals surface area contributed by atoms with Crippen molar-refractivity contribution in [2.24, 2.45) is 0 Å². The molecule has 2 nitrogen and oxygen atoms in total. The van der Waals surface area contributed by atoms with Crippen molar-refractivity contribution >= 4 is 0 Å². The first kappa shape index (κ1) is 10.4. The zero-order chi connectivity index (χ0) is 11.7. The molecule has 2 atom stereocenters. The molecule has 0 amide bonds. The number of hydrogen-bond acceptors (Lipinski definition) is 2. The molecular formula is C15H14O2. The first-order chi connectivity index (χ1) is 8.34. The number of fused-ring (bicyclic) bond motifs is 1. The summed E-state index contributed by atoms with van der Waals surface area (Å²) < 4.78 is 5.82. The molecule has 86 valence electrons. The Balaban J connectivity index is 1.81. The highest BCUT2D eigenvalue weighted by molar-refractivity contribution is 5.36. The predicted octanol–water partition coefficient (Wildman–Crippen LogP) is 2.72. The molecule has 0 fully saturated rings. The first-order valence-electron chi connectivity index (χ1n) is 5.82. The third-order valence-electron chi connectivity index (χ3n) is 3.18. The van der Waals surface area contributed by atoms with Crippen molar-refractivity contribution in [3.63, 3.8) is 0 Å². The monoisotopic (exact) mass is 226 g/mol. The molecular weight excluding hydrogens is 212 g/mol. The summed E-state index contributed by atoms with van der Waals surface area (Å²) in [6, 6.07) is 17.6. The molecule has 0 bridgehead atoms. The van der Waals surface area contributed by atoms with E-state index in [9.17, 15) is 5.11 Å². The Morgan fingerprint density at radius 3 is 2.41 bits per heavy atom. The van der Waals surface area contributed by atoms with Gasteiger partial charge in [0.25, 0.3) is 0 Å². The minimum absolute atomic E-state index is 0.171. The zero-order valence-corrected chi connectivity index (χ0v) is 9.41. The van der Waals surface area contributed by atoms with Gasteiger partial charge in [-0.1, -0.05) is 42.5 Å². The van der Waals surface area contributed by atoms with Crippen LogP contribution in [0, 0.1) is 0 Å². The normalized spacial score (nSPS) is 22.2. The van der Waals surface area contributed by atoms with Gasteiger partial charge < -0.3 is 9.84 Å². The van der Waals surface area contributed by atoms with Crippen LogP contribution in [0.15, 0.2) is 54.6 Å². The first-order valence-corrected chi connectivity index (χ1v) is 5.82. The van der Waals surface area contributed by atoms with Crippen LogP contribution >= 0.6 is 0 Å². The fraction of sp³-hybridized carbons (Fsp3) is 0.200. The van der Waals surface area contributed by atoms with Crippen LogP contribution in [0.1, 0.15) is 17.2 Å². The number of aliphatic hydroxyl groups excluding tert-OH is 1. The van der Waals surface area contributed by atoms with Gasteiger partial charge in [0.2, 0.25) is 0 Å². The third-order valence-corrected chi connectivity index (χ3v) is 3.18. The van der Waals surface area contributed by atoms with E-state index in [-0.39, 0.29) is 6.10 Å². The second-order valence-corrected chi connectivity index (χ2v) is 4.32. The molecule has 0 saturated carbocycles. The van der Waals surface area contributed by atoms with Crippen LogP contribution < -0.4 is 4.74 Å². The van der Waals surface area contributed by atoms with Crippen molar-refractivity contribution in [3.8, 4) is 5.75 Å². The maximum Gasteiger partial charge on any atom is 0.133 e. The van der Waals surface area contributed by atoms with E-state index in [1.54, 1.807) is 0 Å². The molecule has 0 radical (unpaired) electrons. The Morgan fingerprint density at radius 1 is 0.941 bits per heavy atom. The van der Waals surface area contributed by atoms with Crippen molar-refractivity contribution in [2.45, 2.75) is 18.6 Å². The highest BCUT2D eigenvalue weighted by Gasteiger charge is 2.32. The van der Waals surface area contributed by atoms with Crippen LogP contribution in [0.3, 0.4) is 0 Å². The van der Waals surface area contributed by atoms with E-state index in [1.165, 1.54) is 5.56 Å². The number of aliphatic hydroxyl groups is 1. The maximum absolute atomic E-state index is 10.2. The van der Waals surface area contributed by atoms with Crippen LogP contribution in [0.5, 0.6) is 5.75 Å². The minimum Gasteiger partial charge on any atom is -0.487 e. The Bertz CT molecular complexity index is 507. The number of para-hydroxylation sites is 1. The zero-order valence-electron chi connectivity index (χ0n) is 9.41. The molecule has 1 aliphatic carbocycles. The third kappa shape index (κ3) is 1.92. The van der Waals surface area contributed by atoms with Crippen molar-refractivity contribution in [3.05, 3.63) is 65.7 Å². The molecule has 17 heavy (non-hydrogen) atoms. The number of hydrogen-bond donors (Lipinski definition) is 1. The van der Waals surface area contributed by atoms with Crippen molar-refractivity contribution in [2.75, 3.05) is 0 Å². The molecule has 3 rings (SSSR count). The van der Waals surface area contributed by atoms with Crippen LogP contribution in [0.25, 0.3) is 0 Å². The van der Waals surface area contributed by atoms with E-state index in [2.05, 4.69) is 0 Å². The van der Waals surface area contributed by atoms with E-state index >= 15 is 0 Å². The van der Waals surface area contributed by atoms with Gasteiger partial charge >= 0.3 is 0 Å². The maximum atomic E-state index is 10.2. The molecule has 2 unspecified atom stereocenters. The average molecular weight is 226 g/mol. The SMILES string of the molecule is OC1c2ccccc2CC1Oc1ccccc1. The highest BCUT2D eigenvalue weighted by atomic mass is 16.5. The molecule has 2 heteroatoms. The van der Waals surface area contributed by atoms with Gasteiger partial charge in [0.1, 0.15) is 18.0 Å². The quantitative estimate of drug-likeness (QED) is 0.853. The van der Waals surface area contributed by atoms with Gasteiger partial charge in [-0.15, -0.1) is 0 Å². The molecule has 0 spiro atoms. The van der Waals surface area contributed by atoms with Gasteiger partial charge in [0.15, 0.2) is 0 Å². The minimum atomic E-state index is -0.522. The van der Waals surface area contributed by atoms with E-state index < -0.39 is 6.10 Å². The van der Waals surface area contributed by atoms with Gasteiger partial charge in [-0.2, -0.15) is 0 Å². The largest absolute Gasteiger partial charge is 0.487 e. The highest BCUT2D eigenvalue weighted by Crippen LogP contribution is 2.33. The molecule has 0 saturated heterocycles. The predicted molar refractivity (Wildman–Crippen MR) is 66.0 cm³/mol. The lowest BCUT2D eigenvalue weighted by Crippen LogP contribution is -2.21. The Labute approximate surface area is 100 Å². The summed E-state index contributed by atoms with van der Waals surface area (Å²) in [5, 5.41) is 10.2. The lowest BCUT2D eigenvalue weighted by Gasteiger charge is -2.17. The molecule has 2 aromatic rings. The summed E-state index contributed by atoms with van der Waals surface area (Å²) in [7, 11) is 0. The Morgan fingerprint density at radius 2 is 1.65 bits per heavy atom. The van der Waals surface area contributed by atoms with Crippen molar-refractivity contribution < 1.29 is 9.84 Å². The fourth-order valence-corrected chi connectivity index (χ4v) is 2.32. The van der Waals surface area contributed by atoms with Crippen molar-refractivity contribution in [1.29, 1.82) is 0 Å². The summed E-state index contributed by atoms with van der Waals surface area (Å²) in [6.45, 7) is 0. The molecule has 0 heterocycles. The van der Waals surface area contributed by atoms with Gasteiger partial charge in [0.05, 0.1) is 0 Å². The summed E-state index contributed by atoms with van der Waals surface area (Å²) >= 11 is 0. The van der Waals surface area contributed by atoms with E-state index in [4.69, 9.17) is 4.74 Å². The van der Waals surface area contributed by atoms with Gasteiger partial charge in [0, 0.05) is 6.42 Å². The van der Waals surface area contributed by atoms with Crippen LogP contribution in [-0.2, 0) is 6.42 Å². The average Bonchev–Trinajstić information content (AvgIpc) is 2.68. The second-order valence-electron chi connectivity index (χ2n) is 4.32. The van der Waals surface area contributed by atoms with Gasteiger partial charge in [-0.05, 0) is 23.3 Å². The lowest BCUT2D eigenvalue weighted by molar-refractivity contribution is 0.0494. The molecule has 1 aliphatic rings. The number of rotatable bonds is 2. The van der Waals surface area contributed by atoms with Gasteiger partial charge in [-0.3, -0.25) is 0 Å². The number of benzene rings is 2. The van der Waals surface area contributed by atoms with E-state index in [1.807, 2.05) is 54.6 Å². The second kappa shape index (κ2) is 4.22. The Kier molecular flexibility index (Phi) is 2.57. The van der Waals surface area contributed by atoms with Crippen molar-refractivity contribution in [1.82, 2.24) is 0 Å².